The molecule has 1 aliphatic rings. The summed E-state index contributed by atoms with van der Waals surface area (Å²) in [5, 5.41) is 0.375. The Morgan fingerprint density at radius 2 is 1.71 bits per heavy atom. The minimum absolute atomic E-state index is 0.00956. The van der Waals surface area contributed by atoms with Gasteiger partial charge in [0, 0.05) is 0 Å². The van der Waals surface area contributed by atoms with Crippen molar-refractivity contribution in [2.24, 2.45) is 4.99 Å². The average molecular weight is 352 g/mol. The van der Waals surface area contributed by atoms with Crippen molar-refractivity contribution in [2.45, 2.75) is 6.18 Å². The molecule has 2 aromatic carbocycles. The Balaban J connectivity index is 1.90. The van der Waals surface area contributed by atoms with E-state index in [1.165, 1.54) is 18.2 Å². The van der Waals surface area contributed by atoms with E-state index >= 15 is 0 Å². The normalized spacial score (nSPS) is 16.2. The fraction of sp³-hybridized carbons (Fsp3) is 0.0588. The lowest BCUT2D eigenvalue weighted by Crippen LogP contribution is -2.05. The van der Waals surface area contributed by atoms with E-state index in [1.807, 2.05) is 0 Å². The molecule has 0 saturated carbocycles. The Hall–Kier alpha value is -2.60. The van der Waals surface area contributed by atoms with Crippen LogP contribution in [-0.2, 0) is 15.7 Å². The zero-order valence-electron chi connectivity index (χ0n) is 12.0. The molecule has 0 aliphatic carbocycles. The molecule has 3 rings (SSSR count). The second-order valence-electron chi connectivity index (χ2n) is 4.94. The number of hydrogen-bond donors (Lipinski definition) is 0. The van der Waals surface area contributed by atoms with Crippen molar-refractivity contribution in [1.29, 1.82) is 0 Å². The van der Waals surface area contributed by atoms with Crippen LogP contribution in [-0.4, -0.2) is 11.9 Å². The summed E-state index contributed by atoms with van der Waals surface area (Å²) in [6.45, 7) is 0. The van der Waals surface area contributed by atoms with Crippen LogP contribution in [0, 0.1) is 0 Å². The minimum atomic E-state index is -4.41. The number of alkyl halides is 3. The molecule has 1 heterocycles. The zero-order valence-corrected chi connectivity index (χ0v) is 12.7. The van der Waals surface area contributed by atoms with Crippen LogP contribution in [0.2, 0.25) is 5.02 Å². The largest absolute Gasteiger partial charge is 0.416 e. The standard InChI is InChI=1S/C17H9ClF3NO2/c18-13-4-2-1-3-12(13)15-22-14(16(23)24-15)9-10-5-7-11(8-6-10)17(19,20)21/h1-9H/b14-9-. The van der Waals surface area contributed by atoms with Crippen LogP contribution in [0.25, 0.3) is 6.08 Å². The molecule has 0 fully saturated rings. The van der Waals surface area contributed by atoms with Gasteiger partial charge in [-0.05, 0) is 35.9 Å². The van der Waals surface area contributed by atoms with Crippen molar-refractivity contribution >= 4 is 29.5 Å². The van der Waals surface area contributed by atoms with Gasteiger partial charge in [-0.3, -0.25) is 0 Å². The fourth-order valence-electron chi connectivity index (χ4n) is 2.09. The Morgan fingerprint density at radius 1 is 1.04 bits per heavy atom. The van der Waals surface area contributed by atoms with Crippen molar-refractivity contribution < 1.29 is 22.7 Å². The third-order valence-electron chi connectivity index (χ3n) is 3.27. The van der Waals surface area contributed by atoms with Crippen LogP contribution >= 0.6 is 11.6 Å². The SMILES string of the molecule is O=C1OC(c2ccccc2Cl)=N/C1=C\c1ccc(C(F)(F)F)cc1. The summed E-state index contributed by atoms with van der Waals surface area (Å²) in [5.41, 5.74) is 0.0889. The van der Waals surface area contributed by atoms with Crippen LogP contribution in [0.5, 0.6) is 0 Å². The summed E-state index contributed by atoms with van der Waals surface area (Å²) < 4.78 is 42.7. The molecule has 1 aliphatic heterocycles. The summed E-state index contributed by atoms with van der Waals surface area (Å²) in [5.74, 6) is -0.631. The summed E-state index contributed by atoms with van der Waals surface area (Å²) in [7, 11) is 0. The lowest BCUT2D eigenvalue weighted by atomic mass is 10.1. The van der Waals surface area contributed by atoms with Crippen molar-refractivity contribution in [2.75, 3.05) is 0 Å². The smallest absolute Gasteiger partial charge is 0.402 e. The van der Waals surface area contributed by atoms with Gasteiger partial charge in [0.1, 0.15) is 0 Å². The number of nitrogens with zero attached hydrogens (tertiary/aromatic N) is 1. The minimum Gasteiger partial charge on any atom is -0.402 e. The van der Waals surface area contributed by atoms with E-state index in [0.29, 0.717) is 16.1 Å². The topological polar surface area (TPSA) is 38.7 Å². The van der Waals surface area contributed by atoms with Gasteiger partial charge in [0.2, 0.25) is 5.90 Å². The molecule has 0 unspecified atom stereocenters. The van der Waals surface area contributed by atoms with E-state index in [-0.39, 0.29) is 11.6 Å². The Kier molecular flexibility index (Phi) is 4.15. The van der Waals surface area contributed by atoms with Crippen molar-refractivity contribution in [1.82, 2.24) is 0 Å². The molecule has 0 amide bonds. The lowest BCUT2D eigenvalue weighted by molar-refractivity contribution is -0.137. The number of aliphatic imine (C=N–C) groups is 1. The van der Waals surface area contributed by atoms with Gasteiger partial charge in [-0.2, -0.15) is 13.2 Å². The van der Waals surface area contributed by atoms with E-state index < -0.39 is 17.7 Å². The number of rotatable bonds is 2. The first-order valence-corrected chi connectivity index (χ1v) is 7.17. The average Bonchev–Trinajstić information content (AvgIpc) is 2.88. The second kappa shape index (κ2) is 6.13. The predicted octanol–water partition coefficient (Wildman–Crippen LogP) is 4.70. The zero-order chi connectivity index (χ0) is 17.3. The first kappa shape index (κ1) is 16.3. The number of carbonyl (C=O) groups excluding carboxylic acids is 1. The molecule has 0 N–H and O–H groups in total. The van der Waals surface area contributed by atoms with Crippen LogP contribution in [0.4, 0.5) is 13.2 Å². The molecule has 0 bridgehead atoms. The second-order valence-corrected chi connectivity index (χ2v) is 5.34. The quantitative estimate of drug-likeness (QED) is 0.581. The fourth-order valence-corrected chi connectivity index (χ4v) is 2.30. The molecule has 7 heteroatoms. The van der Waals surface area contributed by atoms with E-state index in [0.717, 1.165) is 12.1 Å². The summed E-state index contributed by atoms with van der Waals surface area (Å²) in [6, 6.07) is 11.1. The monoisotopic (exact) mass is 351 g/mol. The van der Waals surface area contributed by atoms with Crippen LogP contribution in [0.15, 0.2) is 59.2 Å². The number of ether oxygens (including phenoxy) is 1. The molecular formula is C17H9ClF3NO2. The molecule has 2 aromatic rings. The van der Waals surface area contributed by atoms with Gasteiger partial charge < -0.3 is 4.74 Å². The van der Waals surface area contributed by atoms with E-state index in [1.54, 1.807) is 24.3 Å². The highest BCUT2D eigenvalue weighted by atomic mass is 35.5. The Labute approximate surface area is 140 Å². The highest BCUT2D eigenvalue weighted by Crippen LogP contribution is 2.30. The third-order valence-corrected chi connectivity index (χ3v) is 3.60. The van der Waals surface area contributed by atoms with E-state index in [4.69, 9.17) is 16.3 Å². The lowest BCUT2D eigenvalue weighted by Gasteiger charge is -2.05. The van der Waals surface area contributed by atoms with Gasteiger partial charge in [0.25, 0.3) is 0 Å². The van der Waals surface area contributed by atoms with Crippen LogP contribution in [0.3, 0.4) is 0 Å². The Bertz CT molecular complexity index is 855. The number of benzene rings is 2. The highest BCUT2D eigenvalue weighted by Gasteiger charge is 2.30. The molecule has 122 valence electrons. The third kappa shape index (κ3) is 3.33. The van der Waals surface area contributed by atoms with Crippen molar-refractivity contribution in [3.8, 4) is 0 Å². The summed E-state index contributed by atoms with van der Waals surface area (Å²) >= 11 is 6.02. The maximum atomic E-state index is 12.5. The van der Waals surface area contributed by atoms with E-state index in [9.17, 15) is 18.0 Å². The summed E-state index contributed by atoms with van der Waals surface area (Å²) in [6.07, 6.45) is -3.06. The summed E-state index contributed by atoms with van der Waals surface area (Å²) in [4.78, 5) is 15.9. The molecule has 24 heavy (non-hydrogen) atoms. The van der Waals surface area contributed by atoms with Gasteiger partial charge in [0.15, 0.2) is 5.70 Å². The number of esters is 1. The van der Waals surface area contributed by atoms with Gasteiger partial charge in [-0.25, -0.2) is 9.79 Å². The number of halogens is 4. The predicted molar refractivity (Wildman–Crippen MR) is 83.5 cm³/mol. The van der Waals surface area contributed by atoms with Gasteiger partial charge in [-0.15, -0.1) is 0 Å². The highest BCUT2D eigenvalue weighted by molar-refractivity contribution is 6.34. The molecule has 0 radical (unpaired) electrons. The van der Waals surface area contributed by atoms with Gasteiger partial charge in [0.05, 0.1) is 16.1 Å². The van der Waals surface area contributed by atoms with Gasteiger partial charge >= 0.3 is 12.1 Å². The van der Waals surface area contributed by atoms with Crippen molar-refractivity contribution in [3.05, 3.63) is 75.9 Å². The van der Waals surface area contributed by atoms with Gasteiger partial charge in [-0.1, -0.05) is 35.9 Å². The first-order chi connectivity index (χ1) is 11.3. The molecule has 0 aromatic heterocycles. The molecule has 0 saturated heterocycles. The number of cyclic esters (lactones) is 1. The molecular weight excluding hydrogens is 343 g/mol. The number of carbonyl (C=O) groups is 1. The first-order valence-electron chi connectivity index (χ1n) is 6.79. The van der Waals surface area contributed by atoms with E-state index in [2.05, 4.69) is 4.99 Å². The molecule has 0 spiro atoms. The van der Waals surface area contributed by atoms with Crippen LogP contribution in [0.1, 0.15) is 16.7 Å². The maximum Gasteiger partial charge on any atom is 0.416 e. The van der Waals surface area contributed by atoms with Crippen LogP contribution < -0.4 is 0 Å². The van der Waals surface area contributed by atoms with Crippen molar-refractivity contribution in [3.63, 3.8) is 0 Å². The number of hydrogen-bond acceptors (Lipinski definition) is 3. The maximum absolute atomic E-state index is 12.5. The Morgan fingerprint density at radius 3 is 2.33 bits per heavy atom. The molecule has 0 atom stereocenters. The molecule has 3 nitrogen and oxygen atoms in total.